The molecule has 0 radical (unpaired) electrons. The molecule has 15 heteroatoms. The van der Waals surface area contributed by atoms with Crippen LogP contribution in [0.5, 0.6) is 0 Å². The lowest BCUT2D eigenvalue weighted by atomic mass is 9.86. The van der Waals surface area contributed by atoms with Crippen LogP contribution in [0.25, 0.3) is 0 Å². The molecule has 0 spiro atoms. The maximum atomic E-state index is 14.2. The summed E-state index contributed by atoms with van der Waals surface area (Å²) >= 11 is 9.09. The van der Waals surface area contributed by atoms with Crippen LogP contribution in [0.2, 0.25) is 5.02 Å². The standard InChI is InChI=1S/C23H17BrClF6N3O4/c1-11-4-12(2-3-16(11)19(35)32-18-9-37-34(20(18)36)10-22(26,27)28)17-8-21(38-33-17,23(29,30)31)13-5-14(24)7-15(25)6-13/h2-7,18H,8-10H2,1H3,(H,32,35)/t18-,21?/m1/s1. The van der Waals surface area contributed by atoms with E-state index in [4.69, 9.17) is 21.3 Å². The Balaban J connectivity index is 1.51. The Hall–Kier alpha value is -2.84. The van der Waals surface area contributed by atoms with Crippen LogP contribution in [-0.4, -0.2) is 54.1 Å². The van der Waals surface area contributed by atoms with Gasteiger partial charge in [0.25, 0.3) is 17.4 Å². The number of nitrogens with one attached hydrogen (secondary N) is 1. The van der Waals surface area contributed by atoms with E-state index in [1.165, 1.54) is 37.3 Å². The summed E-state index contributed by atoms with van der Waals surface area (Å²) in [6.45, 7) is -0.602. The minimum atomic E-state index is -4.85. The van der Waals surface area contributed by atoms with Gasteiger partial charge in [-0.05, 0) is 48.4 Å². The van der Waals surface area contributed by atoms with Gasteiger partial charge in [-0.3, -0.25) is 14.4 Å². The minimum absolute atomic E-state index is 0.0318. The molecule has 0 bridgehead atoms. The highest BCUT2D eigenvalue weighted by Crippen LogP contribution is 2.49. The Bertz CT molecular complexity index is 1300. The van der Waals surface area contributed by atoms with E-state index in [9.17, 15) is 35.9 Å². The summed E-state index contributed by atoms with van der Waals surface area (Å²) in [7, 11) is 0. The lowest BCUT2D eigenvalue weighted by molar-refractivity contribution is -0.275. The van der Waals surface area contributed by atoms with Crippen molar-refractivity contribution in [1.29, 1.82) is 0 Å². The number of hydrogen-bond acceptors (Lipinski definition) is 5. The lowest BCUT2D eigenvalue weighted by Crippen LogP contribution is -2.44. The van der Waals surface area contributed by atoms with Crippen molar-refractivity contribution < 1.29 is 45.6 Å². The number of hydroxylamine groups is 2. The average Bonchev–Trinajstić information content (AvgIpc) is 3.38. The molecule has 38 heavy (non-hydrogen) atoms. The molecule has 2 aliphatic rings. The molecule has 1 fully saturated rings. The number of carbonyl (C=O) groups excluding carboxylic acids is 2. The number of alkyl halides is 6. The van der Waals surface area contributed by atoms with Gasteiger partial charge in [0.05, 0.1) is 5.71 Å². The van der Waals surface area contributed by atoms with Gasteiger partial charge in [0, 0.05) is 27.0 Å². The highest BCUT2D eigenvalue weighted by Gasteiger charge is 2.62. The molecule has 2 amide bonds. The zero-order valence-corrected chi connectivity index (χ0v) is 21.6. The van der Waals surface area contributed by atoms with Crippen molar-refractivity contribution in [3.05, 3.63) is 68.1 Å². The van der Waals surface area contributed by atoms with Crippen LogP contribution in [0.1, 0.15) is 33.5 Å². The van der Waals surface area contributed by atoms with E-state index < -0.39 is 55.4 Å². The van der Waals surface area contributed by atoms with Crippen molar-refractivity contribution in [2.24, 2.45) is 5.16 Å². The first kappa shape index (κ1) is 28.2. The molecule has 2 aromatic rings. The van der Waals surface area contributed by atoms with Gasteiger partial charge in [-0.2, -0.15) is 26.3 Å². The SMILES string of the molecule is Cc1cc(C2=NOC(c3cc(Cl)cc(Br)c3)(C(F)(F)F)C2)ccc1C(=O)N[C@@H]1CON(CC(F)(F)F)C1=O. The highest BCUT2D eigenvalue weighted by atomic mass is 79.9. The highest BCUT2D eigenvalue weighted by molar-refractivity contribution is 9.10. The largest absolute Gasteiger partial charge is 0.435 e. The molecule has 0 aromatic heterocycles. The van der Waals surface area contributed by atoms with Gasteiger partial charge >= 0.3 is 12.4 Å². The van der Waals surface area contributed by atoms with E-state index >= 15 is 0 Å². The van der Waals surface area contributed by atoms with Crippen molar-refractivity contribution in [1.82, 2.24) is 10.4 Å². The second-order valence-electron chi connectivity index (χ2n) is 8.63. The zero-order valence-electron chi connectivity index (χ0n) is 19.2. The number of carbonyl (C=O) groups is 2. The third-order valence-corrected chi connectivity index (χ3v) is 6.56. The molecule has 0 saturated carbocycles. The second-order valence-corrected chi connectivity index (χ2v) is 9.98. The first-order valence-electron chi connectivity index (χ1n) is 10.8. The van der Waals surface area contributed by atoms with Gasteiger partial charge in [-0.1, -0.05) is 38.8 Å². The number of aryl methyl sites for hydroxylation is 1. The first-order chi connectivity index (χ1) is 17.6. The van der Waals surface area contributed by atoms with Crippen molar-refractivity contribution in [3.63, 3.8) is 0 Å². The van der Waals surface area contributed by atoms with Crippen molar-refractivity contribution in [2.45, 2.75) is 37.3 Å². The van der Waals surface area contributed by atoms with Crippen LogP contribution in [0, 0.1) is 6.92 Å². The Kier molecular flexibility index (Phi) is 7.45. The molecule has 2 atom stereocenters. The van der Waals surface area contributed by atoms with E-state index in [2.05, 4.69) is 26.4 Å². The van der Waals surface area contributed by atoms with Gasteiger partial charge in [-0.15, -0.1) is 0 Å². The molecule has 2 aliphatic heterocycles. The van der Waals surface area contributed by atoms with Crippen LogP contribution in [-0.2, 0) is 20.1 Å². The van der Waals surface area contributed by atoms with Crippen LogP contribution in [0.3, 0.4) is 0 Å². The van der Waals surface area contributed by atoms with Crippen molar-refractivity contribution in [2.75, 3.05) is 13.2 Å². The van der Waals surface area contributed by atoms with E-state index in [1.807, 2.05) is 0 Å². The number of hydrogen-bond donors (Lipinski definition) is 1. The predicted octanol–water partition coefficient (Wildman–Crippen LogP) is 5.43. The number of rotatable bonds is 5. The van der Waals surface area contributed by atoms with Crippen LogP contribution < -0.4 is 5.32 Å². The molecular weight excluding hydrogens is 612 g/mol. The fourth-order valence-corrected chi connectivity index (χ4v) is 4.90. The zero-order chi connectivity index (χ0) is 28.0. The lowest BCUT2D eigenvalue weighted by Gasteiger charge is -2.29. The van der Waals surface area contributed by atoms with Gasteiger partial charge in [0.1, 0.15) is 19.2 Å². The molecule has 1 unspecified atom stereocenters. The molecular formula is C23H17BrClF6N3O4. The number of benzene rings is 2. The van der Waals surface area contributed by atoms with Gasteiger partial charge < -0.3 is 10.2 Å². The van der Waals surface area contributed by atoms with Gasteiger partial charge in [0.2, 0.25) is 0 Å². The molecule has 204 valence electrons. The number of oxime groups is 1. The third kappa shape index (κ3) is 5.61. The Labute approximate surface area is 224 Å². The first-order valence-corrected chi connectivity index (χ1v) is 12.0. The third-order valence-electron chi connectivity index (χ3n) is 5.89. The summed E-state index contributed by atoms with van der Waals surface area (Å²) < 4.78 is 80.7. The predicted molar refractivity (Wildman–Crippen MR) is 125 cm³/mol. The van der Waals surface area contributed by atoms with Crippen LogP contribution in [0.4, 0.5) is 26.3 Å². The minimum Gasteiger partial charge on any atom is -0.374 e. The fraction of sp³-hybridized carbons (Fsp3) is 0.348. The molecule has 2 aromatic carbocycles. The summed E-state index contributed by atoms with van der Waals surface area (Å²) in [6, 6.07) is 6.55. The number of amides is 2. The molecule has 2 heterocycles. The summed E-state index contributed by atoms with van der Waals surface area (Å²) in [5, 5.41) is 6.19. The van der Waals surface area contributed by atoms with E-state index in [0.717, 1.165) is 6.07 Å². The van der Waals surface area contributed by atoms with Crippen molar-refractivity contribution >= 4 is 45.1 Å². The monoisotopic (exact) mass is 627 g/mol. The summed E-state index contributed by atoms with van der Waals surface area (Å²) in [6.07, 6.45) is -10.2. The molecule has 1 N–H and O–H groups in total. The van der Waals surface area contributed by atoms with Crippen molar-refractivity contribution in [3.8, 4) is 0 Å². The molecule has 7 nitrogen and oxygen atoms in total. The maximum Gasteiger partial charge on any atom is 0.435 e. The average molecular weight is 629 g/mol. The quantitative estimate of drug-likeness (QED) is 0.448. The fourth-order valence-electron chi connectivity index (χ4n) is 4.04. The molecule has 0 aliphatic carbocycles. The summed E-state index contributed by atoms with van der Waals surface area (Å²) in [5.41, 5.74) is -2.45. The maximum absolute atomic E-state index is 14.2. The van der Waals surface area contributed by atoms with E-state index in [0.29, 0.717) is 10.0 Å². The topological polar surface area (TPSA) is 80.2 Å². The number of nitrogens with zero attached hydrogens (tertiary/aromatic N) is 2. The summed E-state index contributed by atoms with van der Waals surface area (Å²) in [4.78, 5) is 34.5. The van der Waals surface area contributed by atoms with Crippen LogP contribution >= 0.6 is 27.5 Å². The smallest absolute Gasteiger partial charge is 0.374 e. The van der Waals surface area contributed by atoms with Gasteiger partial charge in [-0.25, -0.2) is 5.06 Å². The van der Waals surface area contributed by atoms with Crippen LogP contribution in [0.15, 0.2) is 46.0 Å². The van der Waals surface area contributed by atoms with Gasteiger partial charge in [0.15, 0.2) is 0 Å². The molecule has 1 saturated heterocycles. The van der Waals surface area contributed by atoms with E-state index in [-0.39, 0.29) is 32.5 Å². The normalized spacial score (nSPS) is 21.9. The Morgan fingerprint density at radius 3 is 2.53 bits per heavy atom. The van der Waals surface area contributed by atoms with E-state index in [1.54, 1.807) is 0 Å². The Morgan fingerprint density at radius 2 is 1.92 bits per heavy atom. The number of halogens is 8. The second kappa shape index (κ2) is 10.0. The summed E-state index contributed by atoms with van der Waals surface area (Å²) in [5.74, 6) is -1.83. The Morgan fingerprint density at radius 1 is 1.21 bits per heavy atom. The molecule has 4 rings (SSSR count).